The second-order valence-electron chi connectivity index (χ2n) is 6.04. The molecule has 0 amide bonds. The van der Waals surface area contributed by atoms with Crippen LogP contribution in [-0.2, 0) is 4.74 Å². The molecule has 1 aromatic heterocycles. The Morgan fingerprint density at radius 1 is 1.15 bits per heavy atom. The number of aryl methyl sites for hydroxylation is 1. The standard InChI is InChI=1S/C21H19F2NO3/c1-5-27-13(3)17-11-20-18(10-19(17)23)21(25)6-12(2)24(20)15-7-14(22)8-16(9-15)26-4/h6-11H,3,5H2,1-2,4H3. The van der Waals surface area contributed by atoms with Crippen LogP contribution in [0.15, 0.2) is 47.8 Å². The first-order chi connectivity index (χ1) is 12.8. The van der Waals surface area contributed by atoms with Crippen molar-refractivity contribution in [1.29, 1.82) is 0 Å². The van der Waals surface area contributed by atoms with Crippen LogP contribution in [-0.4, -0.2) is 18.3 Å². The number of hydrogen-bond donors (Lipinski definition) is 0. The summed E-state index contributed by atoms with van der Waals surface area (Å²) >= 11 is 0. The first-order valence-electron chi connectivity index (χ1n) is 8.38. The van der Waals surface area contributed by atoms with E-state index in [1.807, 2.05) is 0 Å². The summed E-state index contributed by atoms with van der Waals surface area (Å²) < 4.78 is 40.7. The van der Waals surface area contributed by atoms with Crippen molar-refractivity contribution in [2.75, 3.05) is 13.7 Å². The molecule has 0 aliphatic rings. The summed E-state index contributed by atoms with van der Waals surface area (Å²) in [6.45, 7) is 7.56. The zero-order chi connectivity index (χ0) is 19.7. The molecule has 3 aromatic rings. The third-order valence-corrected chi connectivity index (χ3v) is 4.25. The van der Waals surface area contributed by atoms with Crippen molar-refractivity contribution >= 4 is 16.7 Å². The molecule has 27 heavy (non-hydrogen) atoms. The van der Waals surface area contributed by atoms with Gasteiger partial charge in [-0.3, -0.25) is 4.79 Å². The predicted molar refractivity (Wildman–Crippen MR) is 101 cm³/mol. The number of nitrogens with zero attached hydrogens (tertiary/aromatic N) is 1. The van der Waals surface area contributed by atoms with E-state index in [1.54, 1.807) is 24.5 Å². The van der Waals surface area contributed by atoms with E-state index in [4.69, 9.17) is 9.47 Å². The fraction of sp³-hybridized carbons (Fsp3) is 0.190. The van der Waals surface area contributed by atoms with Crippen LogP contribution in [0.4, 0.5) is 8.78 Å². The van der Waals surface area contributed by atoms with Gasteiger partial charge in [-0.1, -0.05) is 6.58 Å². The van der Waals surface area contributed by atoms with Crippen molar-refractivity contribution < 1.29 is 18.3 Å². The molecule has 3 rings (SSSR count). The molecule has 2 aromatic carbocycles. The van der Waals surface area contributed by atoms with Gasteiger partial charge in [0.1, 0.15) is 23.1 Å². The Morgan fingerprint density at radius 3 is 2.56 bits per heavy atom. The average molecular weight is 371 g/mol. The van der Waals surface area contributed by atoms with Crippen molar-refractivity contribution in [2.24, 2.45) is 0 Å². The lowest BCUT2D eigenvalue weighted by Gasteiger charge is -2.17. The SMILES string of the molecule is C=C(OCC)c1cc2c(cc1F)c(=O)cc(C)n2-c1cc(F)cc(OC)c1. The lowest BCUT2D eigenvalue weighted by molar-refractivity contribution is 0.297. The zero-order valence-electron chi connectivity index (χ0n) is 15.3. The quantitative estimate of drug-likeness (QED) is 0.616. The molecule has 1 heterocycles. The van der Waals surface area contributed by atoms with Crippen LogP contribution in [0.5, 0.6) is 5.75 Å². The molecule has 4 nitrogen and oxygen atoms in total. The summed E-state index contributed by atoms with van der Waals surface area (Å²) in [4.78, 5) is 12.4. The third-order valence-electron chi connectivity index (χ3n) is 4.25. The van der Waals surface area contributed by atoms with Crippen LogP contribution in [0.3, 0.4) is 0 Å². The van der Waals surface area contributed by atoms with Gasteiger partial charge in [-0.25, -0.2) is 8.78 Å². The Labute approximate surface area is 155 Å². The van der Waals surface area contributed by atoms with Crippen molar-refractivity contribution in [1.82, 2.24) is 4.57 Å². The smallest absolute Gasteiger partial charge is 0.189 e. The molecule has 0 aliphatic heterocycles. The first kappa shape index (κ1) is 18.6. The normalized spacial score (nSPS) is 10.9. The number of halogens is 2. The van der Waals surface area contributed by atoms with Gasteiger partial charge in [0.2, 0.25) is 0 Å². The van der Waals surface area contributed by atoms with Crippen LogP contribution in [0.25, 0.3) is 22.3 Å². The molecule has 0 N–H and O–H groups in total. The largest absolute Gasteiger partial charge is 0.497 e. The van der Waals surface area contributed by atoms with Gasteiger partial charge in [-0.2, -0.15) is 0 Å². The lowest BCUT2D eigenvalue weighted by atomic mass is 10.1. The molecule has 140 valence electrons. The van der Waals surface area contributed by atoms with Gasteiger partial charge in [0.25, 0.3) is 0 Å². The summed E-state index contributed by atoms with van der Waals surface area (Å²) in [5.74, 6) is -0.603. The van der Waals surface area contributed by atoms with E-state index in [0.717, 1.165) is 6.07 Å². The molecule has 0 bridgehead atoms. The van der Waals surface area contributed by atoms with Gasteiger partial charge in [-0.15, -0.1) is 0 Å². The number of benzene rings is 2. The highest BCUT2D eigenvalue weighted by atomic mass is 19.1. The summed E-state index contributed by atoms with van der Waals surface area (Å²) in [7, 11) is 1.44. The van der Waals surface area contributed by atoms with E-state index in [2.05, 4.69) is 6.58 Å². The monoisotopic (exact) mass is 371 g/mol. The number of hydrogen-bond acceptors (Lipinski definition) is 3. The number of fused-ring (bicyclic) bond motifs is 1. The molecule has 0 spiro atoms. The molecule has 0 fully saturated rings. The summed E-state index contributed by atoms with van der Waals surface area (Å²) in [5, 5.41) is 0.175. The van der Waals surface area contributed by atoms with Gasteiger partial charge < -0.3 is 14.0 Å². The number of aromatic nitrogens is 1. The maximum absolute atomic E-state index is 14.5. The van der Waals surface area contributed by atoms with E-state index in [9.17, 15) is 13.6 Å². The Bertz CT molecular complexity index is 1100. The highest BCUT2D eigenvalue weighted by Gasteiger charge is 2.16. The van der Waals surface area contributed by atoms with Gasteiger partial charge in [0, 0.05) is 29.3 Å². The lowest BCUT2D eigenvalue weighted by Crippen LogP contribution is -2.12. The molecule has 0 unspecified atom stereocenters. The fourth-order valence-corrected chi connectivity index (χ4v) is 3.07. The van der Waals surface area contributed by atoms with E-state index in [-0.39, 0.29) is 22.1 Å². The molecule has 0 aliphatic carbocycles. The second kappa shape index (κ2) is 7.23. The molecule has 6 heteroatoms. The van der Waals surface area contributed by atoms with Gasteiger partial charge in [0.15, 0.2) is 5.43 Å². The average Bonchev–Trinajstić information content (AvgIpc) is 2.61. The second-order valence-corrected chi connectivity index (χ2v) is 6.04. The van der Waals surface area contributed by atoms with Crippen LogP contribution < -0.4 is 10.2 Å². The summed E-state index contributed by atoms with van der Waals surface area (Å²) in [6, 6.07) is 8.25. The summed E-state index contributed by atoms with van der Waals surface area (Å²) in [6.07, 6.45) is 0. The third kappa shape index (κ3) is 3.43. The van der Waals surface area contributed by atoms with E-state index in [1.165, 1.54) is 31.4 Å². The maximum atomic E-state index is 14.5. The van der Waals surface area contributed by atoms with Crippen molar-refractivity contribution in [2.45, 2.75) is 13.8 Å². The van der Waals surface area contributed by atoms with Crippen LogP contribution in [0.1, 0.15) is 18.2 Å². The molecule has 0 saturated heterocycles. The topological polar surface area (TPSA) is 40.5 Å². The summed E-state index contributed by atoms with van der Waals surface area (Å²) in [5.41, 5.74) is 1.26. The van der Waals surface area contributed by atoms with E-state index in [0.29, 0.717) is 29.3 Å². The van der Waals surface area contributed by atoms with Gasteiger partial charge >= 0.3 is 0 Å². The Morgan fingerprint density at radius 2 is 1.89 bits per heavy atom. The van der Waals surface area contributed by atoms with E-state index >= 15 is 0 Å². The number of ether oxygens (including phenoxy) is 2. The minimum Gasteiger partial charge on any atom is -0.497 e. The van der Waals surface area contributed by atoms with Crippen LogP contribution in [0, 0.1) is 18.6 Å². The highest BCUT2D eigenvalue weighted by Crippen LogP contribution is 2.28. The molecule has 0 atom stereocenters. The fourth-order valence-electron chi connectivity index (χ4n) is 3.07. The zero-order valence-corrected chi connectivity index (χ0v) is 15.3. The molecular weight excluding hydrogens is 352 g/mol. The highest BCUT2D eigenvalue weighted by molar-refractivity contribution is 5.84. The predicted octanol–water partition coefficient (Wildman–Crippen LogP) is 4.59. The van der Waals surface area contributed by atoms with Gasteiger partial charge in [-0.05, 0) is 32.0 Å². The number of methoxy groups -OCH3 is 1. The molecule has 0 radical (unpaired) electrons. The van der Waals surface area contributed by atoms with Crippen molar-refractivity contribution in [3.05, 3.63) is 76.1 Å². The van der Waals surface area contributed by atoms with Crippen LogP contribution >= 0.6 is 0 Å². The Balaban J connectivity index is 2.38. The Hall–Kier alpha value is -3.15. The van der Waals surface area contributed by atoms with Crippen molar-refractivity contribution in [3.8, 4) is 11.4 Å². The number of rotatable bonds is 5. The van der Waals surface area contributed by atoms with Crippen LogP contribution in [0.2, 0.25) is 0 Å². The van der Waals surface area contributed by atoms with Crippen molar-refractivity contribution in [3.63, 3.8) is 0 Å². The minimum absolute atomic E-state index is 0.145. The first-order valence-corrected chi connectivity index (χ1v) is 8.38. The number of pyridine rings is 1. The Kier molecular flexibility index (Phi) is 4.99. The molecular formula is C21H19F2NO3. The molecule has 0 saturated carbocycles. The van der Waals surface area contributed by atoms with E-state index < -0.39 is 11.6 Å². The van der Waals surface area contributed by atoms with Gasteiger partial charge in [0.05, 0.1) is 30.5 Å². The maximum Gasteiger partial charge on any atom is 0.189 e. The minimum atomic E-state index is -0.606.